The molecule has 0 spiro atoms. The first-order valence-corrected chi connectivity index (χ1v) is 8.87. The molecular formula is C13H18Cl2N2O2S. The van der Waals surface area contributed by atoms with Gasteiger partial charge in [-0.1, -0.05) is 42.5 Å². The number of benzene rings is 1. The summed E-state index contributed by atoms with van der Waals surface area (Å²) in [6.07, 6.45) is 5.00. The summed E-state index contributed by atoms with van der Waals surface area (Å²) in [5.74, 6) is 0. The van der Waals surface area contributed by atoms with Gasteiger partial charge in [-0.15, -0.1) is 0 Å². The highest BCUT2D eigenvalue weighted by Crippen LogP contribution is 2.33. The summed E-state index contributed by atoms with van der Waals surface area (Å²) in [6.45, 7) is 1.03. The van der Waals surface area contributed by atoms with Gasteiger partial charge in [-0.25, -0.2) is 8.42 Å². The molecule has 7 heteroatoms. The van der Waals surface area contributed by atoms with Crippen LogP contribution in [0.3, 0.4) is 0 Å². The van der Waals surface area contributed by atoms with E-state index in [0.717, 1.165) is 32.1 Å². The Morgan fingerprint density at radius 2 is 1.55 bits per heavy atom. The van der Waals surface area contributed by atoms with Crippen LogP contribution >= 0.6 is 23.2 Å². The second kappa shape index (κ2) is 6.52. The molecule has 0 unspecified atom stereocenters. The highest BCUT2D eigenvalue weighted by atomic mass is 35.5. The Bertz CT molecular complexity index is 559. The van der Waals surface area contributed by atoms with E-state index in [1.54, 1.807) is 0 Å². The van der Waals surface area contributed by atoms with Crippen LogP contribution in [0, 0.1) is 0 Å². The second-order valence-corrected chi connectivity index (χ2v) is 7.70. The lowest BCUT2D eigenvalue weighted by atomic mass is 10.1. The third-order valence-electron chi connectivity index (χ3n) is 3.45. The van der Waals surface area contributed by atoms with Crippen molar-refractivity contribution in [2.24, 2.45) is 0 Å². The van der Waals surface area contributed by atoms with E-state index in [1.807, 2.05) is 0 Å². The SMILES string of the molecule is Nc1cc(Cl)cc(Cl)c1S(=O)(=O)N1CCCCCCC1. The van der Waals surface area contributed by atoms with Gasteiger partial charge in [0.1, 0.15) is 4.90 Å². The van der Waals surface area contributed by atoms with Gasteiger partial charge in [0.05, 0.1) is 10.7 Å². The maximum atomic E-state index is 12.7. The van der Waals surface area contributed by atoms with Gasteiger partial charge in [-0.05, 0) is 25.0 Å². The second-order valence-electron chi connectivity index (χ2n) is 4.98. The molecule has 0 aliphatic carbocycles. The van der Waals surface area contributed by atoms with Crippen molar-refractivity contribution in [3.63, 3.8) is 0 Å². The van der Waals surface area contributed by atoms with Crippen LogP contribution in [0.25, 0.3) is 0 Å². The van der Waals surface area contributed by atoms with Gasteiger partial charge < -0.3 is 5.73 Å². The third-order valence-corrected chi connectivity index (χ3v) is 6.09. The number of halogens is 2. The van der Waals surface area contributed by atoms with E-state index in [0.29, 0.717) is 18.1 Å². The molecule has 4 nitrogen and oxygen atoms in total. The molecule has 1 aliphatic rings. The molecule has 1 fully saturated rings. The first-order valence-electron chi connectivity index (χ1n) is 6.67. The van der Waals surface area contributed by atoms with Gasteiger partial charge in [-0.3, -0.25) is 0 Å². The molecule has 1 saturated heterocycles. The molecule has 1 aliphatic heterocycles. The zero-order chi connectivity index (χ0) is 14.8. The fraction of sp³-hybridized carbons (Fsp3) is 0.538. The normalized spacial score (nSPS) is 18.5. The minimum Gasteiger partial charge on any atom is -0.398 e. The molecule has 0 atom stereocenters. The minimum atomic E-state index is -3.66. The van der Waals surface area contributed by atoms with Crippen molar-refractivity contribution in [2.75, 3.05) is 18.8 Å². The Hall–Kier alpha value is -0.490. The average molecular weight is 337 g/mol. The maximum Gasteiger partial charge on any atom is 0.246 e. The van der Waals surface area contributed by atoms with Crippen LogP contribution < -0.4 is 5.73 Å². The Kier molecular flexibility index (Phi) is 5.18. The molecule has 0 amide bonds. The summed E-state index contributed by atoms with van der Waals surface area (Å²) in [7, 11) is -3.66. The number of rotatable bonds is 2. The quantitative estimate of drug-likeness (QED) is 0.840. The number of anilines is 1. The third kappa shape index (κ3) is 3.39. The van der Waals surface area contributed by atoms with Gasteiger partial charge in [0.2, 0.25) is 10.0 Å². The summed E-state index contributed by atoms with van der Waals surface area (Å²) >= 11 is 11.9. The molecule has 0 aromatic heterocycles. The monoisotopic (exact) mass is 336 g/mol. The Morgan fingerprint density at radius 1 is 1.00 bits per heavy atom. The highest BCUT2D eigenvalue weighted by Gasteiger charge is 2.29. The molecule has 0 radical (unpaired) electrons. The van der Waals surface area contributed by atoms with Crippen LogP contribution in [0.4, 0.5) is 5.69 Å². The van der Waals surface area contributed by atoms with E-state index in [2.05, 4.69) is 0 Å². The van der Waals surface area contributed by atoms with E-state index in [-0.39, 0.29) is 15.6 Å². The lowest BCUT2D eigenvalue weighted by Crippen LogP contribution is -2.34. The van der Waals surface area contributed by atoms with Crippen molar-refractivity contribution in [1.82, 2.24) is 4.31 Å². The molecule has 1 heterocycles. The predicted molar refractivity (Wildman–Crippen MR) is 82.7 cm³/mol. The molecule has 1 aromatic carbocycles. The van der Waals surface area contributed by atoms with E-state index >= 15 is 0 Å². The Balaban J connectivity index is 2.38. The van der Waals surface area contributed by atoms with Gasteiger partial charge >= 0.3 is 0 Å². The average Bonchev–Trinajstić information content (AvgIpc) is 2.25. The molecule has 0 saturated carbocycles. The van der Waals surface area contributed by atoms with Gasteiger partial charge in [0.25, 0.3) is 0 Å². The number of sulfonamides is 1. The van der Waals surface area contributed by atoms with Crippen molar-refractivity contribution < 1.29 is 8.42 Å². The topological polar surface area (TPSA) is 63.4 Å². The van der Waals surface area contributed by atoms with Crippen LogP contribution in [0.15, 0.2) is 17.0 Å². The zero-order valence-electron chi connectivity index (χ0n) is 11.1. The molecular weight excluding hydrogens is 319 g/mol. The van der Waals surface area contributed by atoms with E-state index in [4.69, 9.17) is 28.9 Å². The van der Waals surface area contributed by atoms with Gasteiger partial charge in [0.15, 0.2) is 0 Å². The van der Waals surface area contributed by atoms with Crippen molar-refractivity contribution >= 4 is 38.9 Å². The molecule has 0 bridgehead atoms. The van der Waals surface area contributed by atoms with Gasteiger partial charge in [0, 0.05) is 18.1 Å². The predicted octanol–water partition coefficient (Wildman–Crippen LogP) is 3.53. The summed E-state index contributed by atoms with van der Waals surface area (Å²) in [4.78, 5) is -0.0239. The molecule has 2 N–H and O–H groups in total. The Morgan fingerprint density at radius 3 is 2.10 bits per heavy atom. The number of hydrogen-bond donors (Lipinski definition) is 1. The van der Waals surface area contributed by atoms with Gasteiger partial charge in [-0.2, -0.15) is 4.31 Å². The first-order chi connectivity index (χ1) is 9.43. The molecule has 20 heavy (non-hydrogen) atoms. The summed E-state index contributed by atoms with van der Waals surface area (Å²) in [5, 5.41) is 0.413. The lowest BCUT2D eigenvalue weighted by Gasteiger charge is -2.25. The zero-order valence-corrected chi connectivity index (χ0v) is 13.4. The van der Waals surface area contributed by atoms with E-state index in [9.17, 15) is 8.42 Å². The van der Waals surface area contributed by atoms with Crippen LogP contribution in [-0.2, 0) is 10.0 Å². The largest absolute Gasteiger partial charge is 0.398 e. The van der Waals surface area contributed by atoms with Crippen LogP contribution in [0.2, 0.25) is 10.0 Å². The number of nitrogens with two attached hydrogens (primary N) is 1. The molecule has 112 valence electrons. The number of nitrogens with zero attached hydrogens (tertiary/aromatic N) is 1. The fourth-order valence-corrected chi connectivity index (χ4v) is 4.90. The summed E-state index contributed by atoms with van der Waals surface area (Å²) in [5.41, 5.74) is 5.91. The standard InChI is InChI=1S/C13H18Cl2N2O2S/c14-10-8-11(15)13(12(16)9-10)20(18,19)17-6-4-2-1-3-5-7-17/h8-9H,1-7,16H2. The fourth-order valence-electron chi connectivity index (χ4n) is 2.44. The molecule has 2 rings (SSSR count). The van der Waals surface area contributed by atoms with Crippen LogP contribution in [-0.4, -0.2) is 25.8 Å². The number of hydrogen-bond acceptors (Lipinski definition) is 3. The van der Waals surface area contributed by atoms with Crippen LogP contribution in [0.5, 0.6) is 0 Å². The summed E-state index contributed by atoms with van der Waals surface area (Å²) < 4.78 is 26.9. The number of nitrogen functional groups attached to an aromatic ring is 1. The first kappa shape index (κ1) is 15.9. The van der Waals surface area contributed by atoms with E-state index < -0.39 is 10.0 Å². The van der Waals surface area contributed by atoms with Crippen molar-refractivity contribution in [2.45, 2.75) is 37.0 Å². The Labute approximate surface area is 129 Å². The summed E-state index contributed by atoms with van der Waals surface area (Å²) in [6, 6.07) is 2.83. The van der Waals surface area contributed by atoms with E-state index in [1.165, 1.54) is 16.4 Å². The molecule has 1 aromatic rings. The maximum absolute atomic E-state index is 12.7. The van der Waals surface area contributed by atoms with Crippen molar-refractivity contribution in [3.05, 3.63) is 22.2 Å². The van der Waals surface area contributed by atoms with Crippen molar-refractivity contribution in [1.29, 1.82) is 0 Å². The van der Waals surface area contributed by atoms with Crippen LogP contribution in [0.1, 0.15) is 32.1 Å². The lowest BCUT2D eigenvalue weighted by molar-refractivity contribution is 0.364. The minimum absolute atomic E-state index is 0.0239. The smallest absolute Gasteiger partial charge is 0.246 e. The highest BCUT2D eigenvalue weighted by molar-refractivity contribution is 7.89. The van der Waals surface area contributed by atoms with Crippen molar-refractivity contribution in [3.8, 4) is 0 Å².